The second-order valence-corrected chi connectivity index (χ2v) is 23.0. The molecule has 1 heterocycles. The Labute approximate surface area is 425 Å². The van der Waals surface area contributed by atoms with Gasteiger partial charge in [-0.2, -0.15) is 0 Å². The minimum atomic E-state index is -1.44. The van der Waals surface area contributed by atoms with E-state index in [-0.39, 0.29) is 36.2 Å². The van der Waals surface area contributed by atoms with E-state index in [1.54, 1.807) is 6.92 Å². The van der Waals surface area contributed by atoms with Crippen LogP contribution in [0.15, 0.2) is 10.9 Å². The Balaban J connectivity index is 1.80. The molecule has 3 unspecified atom stereocenters. The third-order valence-corrected chi connectivity index (χ3v) is 13.8. The lowest BCUT2D eigenvalue weighted by Crippen LogP contribution is -2.51. The monoisotopic (exact) mass is 986 g/mol. The topological polar surface area (TPSA) is 178 Å². The van der Waals surface area contributed by atoms with Gasteiger partial charge in [0, 0.05) is 24.3 Å². The Bertz CT molecular complexity index is 1630. The van der Waals surface area contributed by atoms with Gasteiger partial charge in [0.25, 0.3) is 5.56 Å². The van der Waals surface area contributed by atoms with E-state index in [1.165, 1.54) is 141 Å². The van der Waals surface area contributed by atoms with Gasteiger partial charge in [-0.1, -0.05) is 215 Å². The second kappa shape index (κ2) is 37.2. The zero-order valence-corrected chi connectivity index (χ0v) is 45.8. The van der Waals surface area contributed by atoms with Crippen LogP contribution in [0, 0.1) is 29.6 Å². The van der Waals surface area contributed by atoms with Crippen molar-refractivity contribution in [1.29, 1.82) is 0 Å². The van der Waals surface area contributed by atoms with Gasteiger partial charge in [-0.15, -0.1) is 0 Å². The third kappa shape index (κ3) is 33.1. The molecule has 404 valence electrons. The van der Waals surface area contributed by atoms with Gasteiger partial charge in [-0.3, -0.25) is 19.9 Å². The highest BCUT2D eigenvalue weighted by Crippen LogP contribution is 2.46. The van der Waals surface area contributed by atoms with Gasteiger partial charge in [0.1, 0.15) is 0 Å². The number of anilines is 1. The van der Waals surface area contributed by atoms with Crippen molar-refractivity contribution in [3.8, 4) is 0 Å². The lowest BCUT2D eigenvalue weighted by atomic mass is 9.62. The lowest BCUT2D eigenvalue weighted by Gasteiger charge is -2.46. The van der Waals surface area contributed by atoms with Gasteiger partial charge in [0.05, 0.1) is 19.6 Å². The summed E-state index contributed by atoms with van der Waals surface area (Å²) in [6.07, 6.45) is 33.7. The van der Waals surface area contributed by atoms with E-state index in [2.05, 4.69) is 67.5 Å². The van der Waals surface area contributed by atoms with Crippen LogP contribution in [-0.2, 0) is 23.8 Å². The van der Waals surface area contributed by atoms with Crippen molar-refractivity contribution in [2.45, 2.75) is 273 Å². The first-order chi connectivity index (χ1) is 33.4. The number of rotatable bonds is 40. The van der Waals surface area contributed by atoms with Crippen LogP contribution in [0.25, 0.3) is 0 Å². The standard InChI is InChI=1S/C57H103N5O8/c1-45(2)35-31-27-23-19-15-11-9-13-17-21-25-29-33-37-68-51(64)40-49(52(65)69-38-34-30-26-22-18-14-10-12-16-20-24-28-32-36-46(3)4)70-55(67)60-48-41-56(6,7)43-57(8,42-48)44-58-54(66)62-53-59-47(5)39-50(63)61-53/h39,45-46,48-49H,9-38,40-44H2,1-8H3,(H,60,67)(H3,58,59,61,62,63,66). The van der Waals surface area contributed by atoms with Gasteiger partial charge in [0.15, 0.2) is 0 Å². The molecule has 3 atom stereocenters. The van der Waals surface area contributed by atoms with Crippen molar-refractivity contribution in [2.75, 3.05) is 25.1 Å². The SMILES string of the molecule is Cc1cc(=O)[nH]c(NC(=O)NCC2(C)CC(NC(=O)OC(CC(=O)OCCCCCCCCCCCCCCCC(C)C)C(=O)OCCCCCCCCCCCCCCCC(C)C)CC(C)(C)C2)n1. The van der Waals surface area contributed by atoms with Crippen LogP contribution >= 0.6 is 0 Å². The van der Waals surface area contributed by atoms with E-state index in [9.17, 15) is 24.0 Å². The molecule has 0 radical (unpaired) electrons. The number of H-pyrrole nitrogens is 1. The van der Waals surface area contributed by atoms with Crippen molar-refractivity contribution < 1.29 is 33.4 Å². The number of alkyl carbamates (subject to hydrolysis) is 1. The van der Waals surface area contributed by atoms with E-state index in [1.807, 2.05) is 6.92 Å². The molecule has 2 rings (SSSR count). The maximum Gasteiger partial charge on any atom is 0.408 e. The molecule has 0 bridgehead atoms. The highest BCUT2D eigenvalue weighted by atomic mass is 16.6. The maximum atomic E-state index is 13.5. The average molecular weight is 986 g/mol. The molecule has 1 fully saturated rings. The quantitative estimate of drug-likeness (QED) is 0.0283. The van der Waals surface area contributed by atoms with E-state index < -0.39 is 42.0 Å². The van der Waals surface area contributed by atoms with E-state index >= 15 is 0 Å². The first-order valence-corrected chi connectivity index (χ1v) is 28.4. The minimum Gasteiger partial charge on any atom is -0.466 e. The first kappa shape index (κ1) is 62.5. The normalized spacial score (nSPS) is 17.0. The summed E-state index contributed by atoms with van der Waals surface area (Å²) in [5.41, 5.74) is -0.496. The van der Waals surface area contributed by atoms with Gasteiger partial charge < -0.3 is 24.8 Å². The summed E-state index contributed by atoms with van der Waals surface area (Å²) in [4.78, 5) is 71.3. The van der Waals surface area contributed by atoms with Crippen LogP contribution in [-0.4, -0.2) is 65.9 Å². The molecule has 0 spiro atoms. The fourth-order valence-corrected chi connectivity index (χ4v) is 10.3. The Morgan fingerprint density at radius 1 is 0.657 bits per heavy atom. The molecular weight excluding hydrogens is 883 g/mol. The molecule has 1 saturated carbocycles. The Morgan fingerprint density at radius 3 is 1.56 bits per heavy atom. The predicted molar refractivity (Wildman–Crippen MR) is 285 cm³/mol. The number of ether oxygens (including phenoxy) is 3. The number of hydrogen-bond acceptors (Lipinski definition) is 9. The lowest BCUT2D eigenvalue weighted by molar-refractivity contribution is -0.160. The zero-order chi connectivity index (χ0) is 51.5. The number of aromatic nitrogens is 2. The number of nitrogens with one attached hydrogen (secondary N) is 4. The number of aryl methyl sites for hydroxylation is 1. The van der Waals surface area contributed by atoms with Crippen molar-refractivity contribution in [3.05, 3.63) is 22.1 Å². The number of esters is 2. The molecule has 1 aliphatic carbocycles. The number of carbonyl (C=O) groups excluding carboxylic acids is 4. The van der Waals surface area contributed by atoms with E-state index in [0.717, 1.165) is 56.8 Å². The summed E-state index contributed by atoms with van der Waals surface area (Å²) in [5, 5.41) is 8.44. The molecule has 1 aromatic heterocycles. The van der Waals surface area contributed by atoms with Crippen LogP contribution in [0.4, 0.5) is 15.5 Å². The third-order valence-electron chi connectivity index (χ3n) is 13.8. The highest BCUT2D eigenvalue weighted by molar-refractivity contribution is 5.87. The smallest absolute Gasteiger partial charge is 0.408 e. The summed E-state index contributed by atoms with van der Waals surface area (Å²) < 4.78 is 16.8. The summed E-state index contributed by atoms with van der Waals surface area (Å²) in [6, 6.07) is 0.501. The maximum absolute atomic E-state index is 13.5. The predicted octanol–water partition coefficient (Wildman–Crippen LogP) is 14.6. The molecule has 70 heavy (non-hydrogen) atoms. The van der Waals surface area contributed by atoms with Crippen LogP contribution in [0.1, 0.15) is 260 Å². The molecule has 0 saturated heterocycles. The molecular formula is C57H103N5O8. The zero-order valence-electron chi connectivity index (χ0n) is 45.8. The number of nitrogens with zero attached hydrogens (tertiary/aromatic N) is 1. The van der Waals surface area contributed by atoms with Crippen LogP contribution in [0.3, 0.4) is 0 Å². The molecule has 1 aromatic rings. The Kier molecular flexibility index (Phi) is 33.2. The number of unbranched alkanes of at least 4 members (excludes halogenated alkanes) is 24. The number of aromatic amines is 1. The summed E-state index contributed by atoms with van der Waals surface area (Å²) in [7, 11) is 0. The highest BCUT2D eigenvalue weighted by Gasteiger charge is 2.42. The fourth-order valence-electron chi connectivity index (χ4n) is 10.3. The summed E-state index contributed by atoms with van der Waals surface area (Å²) >= 11 is 0. The largest absolute Gasteiger partial charge is 0.466 e. The average Bonchev–Trinajstić information content (AvgIpc) is 3.26. The van der Waals surface area contributed by atoms with Crippen LogP contribution in [0.2, 0.25) is 0 Å². The molecule has 4 N–H and O–H groups in total. The van der Waals surface area contributed by atoms with E-state index in [4.69, 9.17) is 14.2 Å². The van der Waals surface area contributed by atoms with Gasteiger partial charge in [0.2, 0.25) is 12.1 Å². The number of urea groups is 1. The molecule has 13 heteroatoms. The van der Waals surface area contributed by atoms with Gasteiger partial charge in [-0.05, 0) is 61.7 Å². The molecule has 1 aliphatic rings. The van der Waals surface area contributed by atoms with Crippen molar-refractivity contribution >= 4 is 30.0 Å². The number of hydrogen-bond donors (Lipinski definition) is 4. The second-order valence-electron chi connectivity index (χ2n) is 23.0. The minimum absolute atomic E-state index is 0.0559. The number of amides is 3. The number of carbonyl (C=O) groups is 4. The van der Waals surface area contributed by atoms with Gasteiger partial charge in [-0.25, -0.2) is 19.4 Å². The molecule has 0 aliphatic heterocycles. The fraction of sp³-hybridized carbons (Fsp3) is 0.860. The van der Waals surface area contributed by atoms with Crippen molar-refractivity contribution in [2.24, 2.45) is 22.7 Å². The van der Waals surface area contributed by atoms with E-state index in [0.29, 0.717) is 31.5 Å². The summed E-state index contributed by atoms with van der Waals surface area (Å²) in [5.74, 6) is 0.336. The van der Waals surface area contributed by atoms with Crippen LogP contribution < -0.4 is 21.5 Å². The van der Waals surface area contributed by atoms with Crippen LogP contribution in [0.5, 0.6) is 0 Å². The summed E-state index contributed by atoms with van der Waals surface area (Å²) in [6.45, 7) is 17.9. The molecule has 3 amide bonds. The molecule has 0 aromatic carbocycles. The first-order valence-electron chi connectivity index (χ1n) is 28.4. The Morgan fingerprint density at radius 2 is 1.10 bits per heavy atom. The van der Waals surface area contributed by atoms with Gasteiger partial charge >= 0.3 is 24.1 Å². The Hall–Kier alpha value is -3.64. The van der Waals surface area contributed by atoms with Crippen molar-refractivity contribution in [1.82, 2.24) is 20.6 Å². The van der Waals surface area contributed by atoms with Crippen molar-refractivity contribution in [3.63, 3.8) is 0 Å². The molecule has 13 nitrogen and oxygen atoms in total.